The quantitative estimate of drug-likeness (QED) is 0.774. The normalized spacial score (nSPS) is 10.5. The number of hydrogen-bond acceptors (Lipinski definition) is 3. The van der Waals surface area contributed by atoms with Gasteiger partial charge < -0.3 is 10.4 Å². The van der Waals surface area contributed by atoms with E-state index in [1.165, 1.54) is 0 Å². The third kappa shape index (κ3) is 2.75. The maximum Gasteiger partial charge on any atom is 0.257 e. The minimum atomic E-state index is -0.214. The van der Waals surface area contributed by atoms with Crippen molar-refractivity contribution in [3.8, 4) is 0 Å². The molecule has 0 atom stereocenters. The second-order valence-electron chi connectivity index (χ2n) is 4.72. The molecule has 0 aliphatic heterocycles. The van der Waals surface area contributed by atoms with Crippen molar-refractivity contribution < 1.29 is 9.90 Å². The number of hydrogen-bond donors (Lipinski definition) is 2. The predicted molar refractivity (Wildman–Crippen MR) is 82.1 cm³/mol. The van der Waals surface area contributed by atoms with Crippen LogP contribution in [0.5, 0.6) is 0 Å². The van der Waals surface area contributed by atoms with Crippen molar-refractivity contribution >= 4 is 22.4 Å². The van der Waals surface area contributed by atoms with Crippen LogP contribution < -0.4 is 5.32 Å². The molecule has 0 aliphatic rings. The smallest absolute Gasteiger partial charge is 0.257 e. The number of aliphatic hydroxyl groups is 1. The number of aliphatic hydroxyl groups excluding tert-OH is 1. The number of pyridine rings is 1. The number of fused-ring (bicyclic) bond motifs is 1. The van der Waals surface area contributed by atoms with Gasteiger partial charge in [0.1, 0.15) is 0 Å². The van der Waals surface area contributed by atoms with Crippen molar-refractivity contribution in [2.24, 2.45) is 0 Å². The Bertz CT molecular complexity index is 794. The van der Waals surface area contributed by atoms with Crippen LogP contribution in [0.1, 0.15) is 15.9 Å². The average molecular weight is 278 g/mol. The first kappa shape index (κ1) is 13.3. The number of amides is 1. The SMILES string of the molecule is O=C(Nc1cccc(CO)c1)c1cncc2ccccc12. The molecule has 4 nitrogen and oxygen atoms in total. The number of carbonyl (C=O) groups is 1. The second-order valence-corrected chi connectivity index (χ2v) is 4.72. The van der Waals surface area contributed by atoms with E-state index in [1.54, 1.807) is 36.7 Å². The first-order valence-corrected chi connectivity index (χ1v) is 6.62. The zero-order valence-electron chi connectivity index (χ0n) is 11.3. The van der Waals surface area contributed by atoms with Crippen molar-refractivity contribution in [3.63, 3.8) is 0 Å². The molecule has 3 rings (SSSR count). The summed E-state index contributed by atoms with van der Waals surface area (Å²) in [4.78, 5) is 16.5. The summed E-state index contributed by atoms with van der Waals surface area (Å²) < 4.78 is 0. The Morgan fingerprint density at radius 2 is 1.95 bits per heavy atom. The lowest BCUT2D eigenvalue weighted by molar-refractivity contribution is 0.102. The third-order valence-electron chi connectivity index (χ3n) is 3.28. The number of aromatic nitrogens is 1. The van der Waals surface area contributed by atoms with Gasteiger partial charge in [0, 0.05) is 23.5 Å². The standard InChI is InChI=1S/C17H14N2O2/c20-11-12-4-3-6-14(8-12)19-17(21)16-10-18-9-13-5-1-2-7-15(13)16/h1-10,20H,11H2,(H,19,21). The first-order valence-electron chi connectivity index (χ1n) is 6.62. The third-order valence-corrected chi connectivity index (χ3v) is 3.28. The Morgan fingerprint density at radius 1 is 1.10 bits per heavy atom. The number of carbonyl (C=O) groups excluding carboxylic acids is 1. The molecule has 0 bridgehead atoms. The summed E-state index contributed by atoms with van der Waals surface area (Å²) in [6.07, 6.45) is 3.30. The van der Waals surface area contributed by atoms with Crippen LogP contribution in [0.3, 0.4) is 0 Å². The van der Waals surface area contributed by atoms with Gasteiger partial charge >= 0.3 is 0 Å². The number of benzene rings is 2. The summed E-state index contributed by atoms with van der Waals surface area (Å²) >= 11 is 0. The molecule has 0 spiro atoms. The van der Waals surface area contributed by atoms with E-state index in [0.717, 1.165) is 16.3 Å². The first-order chi connectivity index (χ1) is 10.3. The highest BCUT2D eigenvalue weighted by Crippen LogP contribution is 2.19. The molecule has 2 N–H and O–H groups in total. The fourth-order valence-electron chi connectivity index (χ4n) is 2.24. The summed E-state index contributed by atoms with van der Waals surface area (Å²) in [7, 11) is 0. The van der Waals surface area contributed by atoms with Gasteiger partial charge in [-0.3, -0.25) is 9.78 Å². The Morgan fingerprint density at radius 3 is 2.81 bits per heavy atom. The molecule has 104 valence electrons. The number of nitrogens with zero attached hydrogens (tertiary/aromatic N) is 1. The lowest BCUT2D eigenvalue weighted by Crippen LogP contribution is -2.12. The molecule has 1 aromatic heterocycles. The number of anilines is 1. The lowest BCUT2D eigenvalue weighted by atomic mass is 10.1. The van der Waals surface area contributed by atoms with Gasteiger partial charge in [0.15, 0.2) is 0 Å². The molecule has 0 unspecified atom stereocenters. The molecule has 21 heavy (non-hydrogen) atoms. The highest BCUT2D eigenvalue weighted by atomic mass is 16.3. The van der Waals surface area contributed by atoms with E-state index < -0.39 is 0 Å². The molecule has 4 heteroatoms. The summed E-state index contributed by atoms with van der Waals surface area (Å²) in [6.45, 7) is -0.0560. The highest BCUT2D eigenvalue weighted by molar-refractivity contribution is 6.12. The molecule has 3 aromatic rings. The summed E-state index contributed by atoms with van der Waals surface area (Å²) in [5.41, 5.74) is 1.94. The summed E-state index contributed by atoms with van der Waals surface area (Å²) in [6, 6.07) is 14.8. The van der Waals surface area contributed by atoms with Crippen LogP contribution in [0.4, 0.5) is 5.69 Å². The maximum absolute atomic E-state index is 12.4. The Balaban J connectivity index is 1.93. The fraction of sp³-hybridized carbons (Fsp3) is 0.0588. The lowest BCUT2D eigenvalue weighted by Gasteiger charge is -2.08. The van der Waals surface area contributed by atoms with Crippen LogP contribution in [0.2, 0.25) is 0 Å². The van der Waals surface area contributed by atoms with Gasteiger partial charge in [-0.1, -0.05) is 36.4 Å². The zero-order valence-corrected chi connectivity index (χ0v) is 11.3. The average Bonchev–Trinajstić information content (AvgIpc) is 2.54. The maximum atomic E-state index is 12.4. The van der Waals surface area contributed by atoms with E-state index in [1.807, 2.05) is 24.3 Å². The van der Waals surface area contributed by atoms with E-state index >= 15 is 0 Å². The van der Waals surface area contributed by atoms with Gasteiger partial charge in [-0.25, -0.2) is 0 Å². The molecular formula is C17H14N2O2. The molecule has 1 amide bonds. The molecule has 0 radical (unpaired) electrons. The van der Waals surface area contributed by atoms with E-state index in [2.05, 4.69) is 10.3 Å². The van der Waals surface area contributed by atoms with Crippen molar-refractivity contribution in [3.05, 3.63) is 72.1 Å². The Kier molecular flexibility index (Phi) is 3.62. The van der Waals surface area contributed by atoms with Crippen molar-refractivity contribution in [1.29, 1.82) is 0 Å². The predicted octanol–water partition coefficient (Wildman–Crippen LogP) is 2.98. The van der Waals surface area contributed by atoms with E-state index in [9.17, 15) is 4.79 Å². The second kappa shape index (κ2) is 5.73. The highest BCUT2D eigenvalue weighted by Gasteiger charge is 2.10. The van der Waals surface area contributed by atoms with Crippen LogP contribution in [0.25, 0.3) is 10.8 Å². The van der Waals surface area contributed by atoms with Gasteiger partial charge in [-0.05, 0) is 23.1 Å². The Hall–Kier alpha value is -2.72. The minimum Gasteiger partial charge on any atom is -0.392 e. The molecule has 0 saturated carbocycles. The monoisotopic (exact) mass is 278 g/mol. The Labute approximate surface area is 122 Å². The molecule has 0 fully saturated rings. The molecule has 0 saturated heterocycles. The fourth-order valence-corrected chi connectivity index (χ4v) is 2.24. The summed E-state index contributed by atoms with van der Waals surface area (Å²) in [5.74, 6) is -0.214. The van der Waals surface area contributed by atoms with E-state index in [-0.39, 0.29) is 12.5 Å². The van der Waals surface area contributed by atoms with E-state index in [0.29, 0.717) is 11.3 Å². The van der Waals surface area contributed by atoms with E-state index in [4.69, 9.17) is 5.11 Å². The van der Waals surface area contributed by atoms with Gasteiger partial charge in [0.05, 0.1) is 12.2 Å². The summed E-state index contributed by atoms with van der Waals surface area (Å²) in [5, 5.41) is 13.8. The van der Waals surface area contributed by atoms with Gasteiger partial charge in [0.25, 0.3) is 5.91 Å². The van der Waals surface area contributed by atoms with Crippen LogP contribution >= 0.6 is 0 Å². The van der Waals surface area contributed by atoms with Crippen LogP contribution in [-0.4, -0.2) is 16.0 Å². The molecular weight excluding hydrogens is 264 g/mol. The molecule has 0 aliphatic carbocycles. The van der Waals surface area contributed by atoms with Crippen LogP contribution in [0, 0.1) is 0 Å². The van der Waals surface area contributed by atoms with Crippen molar-refractivity contribution in [2.45, 2.75) is 6.61 Å². The van der Waals surface area contributed by atoms with Crippen molar-refractivity contribution in [1.82, 2.24) is 4.98 Å². The molecule has 2 aromatic carbocycles. The number of rotatable bonds is 3. The largest absolute Gasteiger partial charge is 0.392 e. The van der Waals surface area contributed by atoms with Crippen LogP contribution in [0.15, 0.2) is 60.9 Å². The van der Waals surface area contributed by atoms with Gasteiger partial charge in [-0.15, -0.1) is 0 Å². The van der Waals surface area contributed by atoms with Gasteiger partial charge in [-0.2, -0.15) is 0 Å². The van der Waals surface area contributed by atoms with Gasteiger partial charge in [0.2, 0.25) is 0 Å². The molecule has 1 heterocycles. The number of nitrogens with one attached hydrogen (secondary N) is 1. The minimum absolute atomic E-state index is 0.0560. The van der Waals surface area contributed by atoms with Crippen molar-refractivity contribution in [2.75, 3.05) is 5.32 Å². The topological polar surface area (TPSA) is 62.2 Å². The zero-order chi connectivity index (χ0) is 14.7. The van der Waals surface area contributed by atoms with Crippen LogP contribution in [-0.2, 0) is 6.61 Å².